The van der Waals surface area contributed by atoms with Gasteiger partial charge in [-0.25, -0.2) is 0 Å². The fraction of sp³-hybridized carbons (Fsp3) is 0.500. The van der Waals surface area contributed by atoms with Crippen LogP contribution in [0, 0.1) is 0 Å². The number of nitrogens with zero attached hydrogens (tertiary/aromatic N) is 4. The zero-order chi connectivity index (χ0) is 17.2. The van der Waals surface area contributed by atoms with Gasteiger partial charge in [-0.3, -0.25) is 9.78 Å². The van der Waals surface area contributed by atoms with E-state index in [0.717, 1.165) is 37.2 Å². The number of carbonyl (C=O) groups excluding carboxylic acids is 1. The van der Waals surface area contributed by atoms with Gasteiger partial charge >= 0.3 is 0 Å². The fourth-order valence-electron chi connectivity index (χ4n) is 4.45. The number of pyridine rings is 1. The lowest BCUT2D eigenvalue weighted by Crippen LogP contribution is -2.47. The van der Waals surface area contributed by atoms with Gasteiger partial charge in [0.05, 0.1) is 0 Å². The van der Waals surface area contributed by atoms with Crippen LogP contribution in [0.3, 0.4) is 0 Å². The summed E-state index contributed by atoms with van der Waals surface area (Å²) < 4.78 is 2.05. The minimum Gasteiger partial charge on any atom is -0.339 e. The first-order chi connectivity index (χ1) is 12.2. The molecule has 2 aromatic rings. The summed E-state index contributed by atoms with van der Waals surface area (Å²) in [6, 6.07) is 8.79. The SMILES string of the molecule is CN1CCCC1C1CCCN1C(=O)c1cccn1Cc1cccnc1. The Bertz CT molecular complexity index is 726. The molecule has 2 unspecified atom stereocenters. The van der Waals surface area contributed by atoms with E-state index in [1.807, 2.05) is 41.2 Å². The third-order valence-corrected chi connectivity index (χ3v) is 5.71. The van der Waals surface area contributed by atoms with E-state index < -0.39 is 0 Å². The number of amides is 1. The second kappa shape index (κ2) is 7.00. The third kappa shape index (κ3) is 3.21. The Morgan fingerprint density at radius 1 is 1.16 bits per heavy atom. The number of rotatable bonds is 4. The molecule has 4 heterocycles. The summed E-state index contributed by atoms with van der Waals surface area (Å²) >= 11 is 0. The molecule has 2 aliphatic heterocycles. The first-order valence-corrected chi connectivity index (χ1v) is 9.29. The van der Waals surface area contributed by atoms with Crippen molar-refractivity contribution in [3.8, 4) is 0 Å². The summed E-state index contributed by atoms with van der Waals surface area (Å²) in [5.41, 5.74) is 1.90. The lowest BCUT2D eigenvalue weighted by Gasteiger charge is -2.33. The Balaban J connectivity index is 1.54. The van der Waals surface area contributed by atoms with E-state index in [1.165, 1.54) is 12.8 Å². The molecule has 2 atom stereocenters. The van der Waals surface area contributed by atoms with Gasteiger partial charge in [0.1, 0.15) is 5.69 Å². The highest BCUT2D eigenvalue weighted by atomic mass is 16.2. The molecule has 0 radical (unpaired) electrons. The Morgan fingerprint density at radius 2 is 2.00 bits per heavy atom. The quantitative estimate of drug-likeness (QED) is 0.860. The van der Waals surface area contributed by atoms with Crippen molar-refractivity contribution in [2.24, 2.45) is 0 Å². The summed E-state index contributed by atoms with van der Waals surface area (Å²) in [5, 5.41) is 0. The highest BCUT2D eigenvalue weighted by Gasteiger charge is 2.39. The summed E-state index contributed by atoms with van der Waals surface area (Å²) in [5.74, 6) is 0.177. The molecular formula is C20H26N4O. The van der Waals surface area contributed by atoms with E-state index >= 15 is 0 Å². The predicted octanol–water partition coefficient (Wildman–Crippen LogP) is 2.63. The van der Waals surface area contributed by atoms with Crippen LogP contribution < -0.4 is 0 Å². The van der Waals surface area contributed by atoms with Gasteiger partial charge in [0.25, 0.3) is 5.91 Å². The fourth-order valence-corrected chi connectivity index (χ4v) is 4.45. The lowest BCUT2D eigenvalue weighted by molar-refractivity contribution is 0.0654. The van der Waals surface area contributed by atoms with Gasteiger partial charge in [-0.1, -0.05) is 6.07 Å². The summed E-state index contributed by atoms with van der Waals surface area (Å²) in [7, 11) is 2.20. The van der Waals surface area contributed by atoms with Crippen LogP contribution in [-0.4, -0.2) is 57.5 Å². The molecule has 2 aromatic heterocycles. The molecule has 1 amide bonds. The summed E-state index contributed by atoms with van der Waals surface area (Å²) in [6.07, 6.45) is 10.3. The van der Waals surface area contributed by atoms with Crippen LogP contribution >= 0.6 is 0 Å². The molecule has 0 bridgehead atoms. The second-order valence-corrected chi connectivity index (χ2v) is 7.28. The molecule has 5 heteroatoms. The van der Waals surface area contributed by atoms with Crippen molar-refractivity contribution in [2.75, 3.05) is 20.1 Å². The molecule has 2 fully saturated rings. The summed E-state index contributed by atoms with van der Waals surface area (Å²) in [4.78, 5) is 22.0. The molecule has 2 saturated heterocycles. The van der Waals surface area contributed by atoms with E-state index in [0.29, 0.717) is 18.6 Å². The molecule has 0 spiro atoms. The first kappa shape index (κ1) is 16.3. The van der Waals surface area contributed by atoms with E-state index in [-0.39, 0.29) is 5.91 Å². The average Bonchev–Trinajstić information content (AvgIpc) is 3.35. The van der Waals surface area contributed by atoms with Crippen molar-refractivity contribution in [1.29, 1.82) is 0 Å². The summed E-state index contributed by atoms with van der Waals surface area (Å²) in [6.45, 7) is 2.72. The van der Waals surface area contributed by atoms with Crippen molar-refractivity contribution in [2.45, 2.75) is 44.3 Å². The van der Waals surface area contributed by atoms with Crippen LogP contribution in [-0.2, 0) is 6.54 Å². The zero-order valence-electron chi connectivity index (χ0n) is 14.8. The molecule has 0 saturated carbocycles. The molecule has 4 rings (SSSR count). The van der Waals surface area contributed by atoms with Crippen molar-refractivity contribution >= 4 is 5.91 Å². The molecule has 5 nitrogen and oxygen atoms in total. The van der Waals surface area contributed by atoms with Gasteiger partial charge < -0.3 is 14.4 Å². The van der Waals surface area contributed by atoms with Crippen LogP contribution in [0.5, 0.6) is 0 Å². The molecule has 0 N–H and O–H groups in total. The maximum absolute atomic E-state index is 13.3. The normalized spacial score (nSPS) is 24.1. The Hall–Kier alpha value is -2.14. The largest absolute Gasteiger partial charge is 0.339 e. The van der Waals surface area contributed by atoms with Crippen LogP contribution in [0.1, 0.15) is 41.7 Å². The number of aromatic nitrogens is 2. The standard InChI is InChI=1S/C20H26N4O/c1-22-11-3-7-17(22)18-8-5-13-24(18)20(25)19-9-4-12-23(19)15-16-6-2-10-21-14-16/h2,4,6,9-10,12,14,17-18H,3,5,7-8,11,13,15H2,1H3. The maximum Gasteiger partial charge on any atom is 0.270 e. The number of likely N-dealkylation sites (N-methyl/N-ethyl adjacent to an activating group) is 1. The van der Waals surface area contributed by atoms with Crippen LogP contribution in [0.15, 0.2) is 42.9 Å². The van der Waals surface area contributed by atoms with E-state index in [2.05, 4.69) is 21.8 Å². The van der Waals surface area contributed by atoms with Crippen LogP contribution in [0.4, 0.5) is 0 Å². The van der Waals surface area contributed by atoms with E-state index in [9.17, 15) is 4.79 Å². The van der Waals surface area contributed by atoms with Crippen molar-refractivity contribution in [3.63, 3.8) is 0 Å². The maximum atomic E-state index is 13.3. The average molecular weight is 338 g/mol. The van der Waals surface area contributed by atoms with Crippen molar-refractivity contribution in [1.82, 2.24) is 19.4 Å². The van der Waals surface area contributed by atoms with Gasteiger partial charge in [-0.15, -0.1) is 0 Å². The van der Waals surface area contributed by atoms with Crippen LogP contribution in [0.2, 0.25) is 0 Å². The van der Waals surface area contributed by atoms with Gasteiger partial charge in [-0.05, 0) is 63.0 Å². The topological polar surface area (TPSA) is 41.4 Å². The minimum absolute atomic E-state index is 0.177. The van der Waals surface area contributed by atoms with E-state index in [4.69, 9.17) is 0 Å². The Kier molecular flexibility index (Phi) is 4.57. The smallest absolute Gasteiger partial charge is 0.270 e. The predicted molar refractivity (Wildman–Crippen MR) is 97.5 cm³/mol. The monoisotopic (exact) mass is 338 g/mol. The molecule has 25 heavy (non-hydrogen) atoms. The lowest BCUT2D eigenvalue weighted by atomic mass is 10.0. The van der Waals surface area contributed by atoms with Crippen molar-refractivity contribution in [3.05, 3.63) is 54.1 Å². The molecule has 132 valence electrons. The first-order valence-electron chi connectivity index (χ1n) is 9.29. The third-order valence-electron chi connectivity index (χ3n) is 5.71. The highest BCUT2D eigenvalue weighted by Crippen LogP contribution is 2.30. The van der Waals surface area contributed by atoms with Gasteiger partial charge in [0.15, 0.2) is 0 Å². The molecule has 0 aliphatic carbocycles. The molecule has 0 aromatic carbocycles. The van der Waals surface area contributed by atoms with E-state index in [1.54, 1.807) is 6.20 Å². The Labute approximate surface area is 149 Å². The number of hydrogen-bond donors (Lipinski definition) is 0. The number of likely N-dealkylation sites (tertiary alicyclic amines) is 2. The Morgan fingerprint density at radius 3 is 2.76 bits per heavy atom. The van der Waals surface area contributed by atoms with Gasteiger partial charge in [0, 0.05) is 43.8 Å². The van der Waals surface area contributed by atoms with Gasteiger partial charge in [0.2, 0.25) is 0 Å². The molecule has 2 aliphatic rings. The van der Waals surface area contributed by atoms with Crippen molar-refractivity contribution < 1.29 is 4.79 Å². The number of hydrogen-bond acceptors (Lipinski definition) is 3. The minimum atomic E-state index is 0.177. The highest BCUT2D eigenvalue weighted by molar-refractivity contribution is 5.93. The van der Waals surface area contributed by atoms with Crippen LogP contribution in [0.25, 0.3) is 0 Å². The molecular weight excluding hydrogens is 312 g/mol. The second-order valence-electron chi connectivity index (χ2n) is 7.28. The van der Waals surface area contributed by atoms with Gasteiger partial charge in [-0.2, -0.15) is 0 Å². The zero-order valence-corrected chi connectivity index (χ0v) is 14.8. The number of carbonyl (C=O) groups is 1.